The van der Waals surface area contributed by atoms with Crippen molar-refractivity contribution in [2.75, 3.05) is 40.3 Å². The van der Waals surface area contributed by atoms with Gasteiger partial charge >= 0.3 is 0 Å². The molecule has 1 N–H and O–H groups in total. The van der Waals surface area contributed by atoms with Crippen molar-refractivity contribution in [2.24, 2.45) is 5.41 Å². The lowest BCUT2D eigenvalue weighted by atomic mass is 9.81. The van der Waals surface area contributed by atoms with Gasteiger partial charge in [-0.25, -0.2) is 8.42 Å². The maximum Gasteiger partial charge on any atom is 0.244 e. The van der Waals surface area contributed by atoms with Crippen molar-refractivity contribution in [1.82, 2.24) is 9.21 Å². The minimum atomic E-state index is -3.77. The van der Waals surface area contributed by atoms with Crippen LogP contribution < -0.4 is 0 Å². The lowest BCUT2D eigenvalue weighted by Gasteiger charge is -2.42. The van der Waals surface area contributed by atoms with Crippen LogP contribution in [0.4, 0.5) is 0 Å². The SMILES string of the molecule is CN(C)CC1(CO)CCCN(S(=O)(=O)c2ccc(C#N)cc2Cl)C1. The van der Waals surface area contributed by atoms with Crippen LogP contribution in [0.15, 0.2) is 23.1 Å². The Labute approximate surface area is 148 Å². The molecular weight excluding hydrogens is 350 g/mol. The average molecular weight is 372 g/mol. The summed E-state index contributed by atoms with van der Waals surface area (Å²) in [7, 11) is 0.0379. The van der Waals surface area contributed by atoms with E-state index in [0.29, 0.717) is 25.1 Å². The predicted molar refractivity (Wildman–Crippen MR) is 92.2 cm³/mol. The molecule has 132 valence electrons. The van der Waals surface area contributed by atoms with Gasteiger partial charge in [0.05, 0.1) is 23.3 Å². The van der Waals surface area contributed by atoms with Crippen LogP contribution in [0.5, 0.6) is 0 Å². The zero-order valence-electron chi connectivity index (χ0n) is 13.9. The largest absolute Gasteiger partial charge is 0.396 e. The summed E-state index contributed by atoms with van der Waals surface area (Å²) in [5, 5.41) is 18.8. The van der Waals surface area contributed by atoms with E-state index in [1.165, 1.54) is 22.5 Å². The first-order valence-corrected chi connectivity index (χ1v) is 9.51. The highest BCUT2D eigenvalue weighted by Gasteiger charge is 2.40. The van der Waals surface area contributed by atoms with Gasteiger partial charge in [0.2, 0.25) is 10.0 Å². The second kappa shape index (κ2) is 7.38. The summed E-state index contributed by atoms with van der Waals surface area (Å²) >= 11 is 6.09. The van der Waals surface area contributed by atoms with E-state index in [2.05, 4.69) is 0 Å². The minimum Gasteiger partial charge on any atom is -0.396 e. The Morgan fingerprint density at radius 3 is 2.71 bits per heavy atom. The van der Waals surface area contributed by atoms with E-state index < -0.39 is 15.4 Å². The normalized spacial score (nSPS) is 22.5. The molecule has 0 spiro atoms. The standard InChI is InChI=1S/C16H22ClN3O3S/c1-19(2)10-16(12-21)6-3-7-20(11-16)24(22,23)15-5-4-13(9-18)8-14(15)17/h4-5,8,21H,3,6-7,10-12H2,1-2H3. The number of piperidine rings is 1. The summed E-state index contributed by atoms with van der Waals surface area (Å²) in [4.78, 5) is 1.96. The lowest BCUT2D eigenvalue weighted by molar-refractivity contribution is 0.0409. The lowest BCUT2D eigenvalue weighted by Crippen LogP contribution is -2.51. The van der Waals surface area contributed by atoms with Crippen LogP contribution in [0, 0.1) is 16.7 Å². The summed E-state index contributed by atoms with van der Waals surface area (Å²) in [5.41, 5.74) is -0.164. The van der Waals surface area contributed by atoms with Gasteiger partial charge in [-0.3, -0.25) is 0 Å². The van der Waals surface area contributed by atoms with Gasteiger partial charge in [0.1, 0.15) is 4.90 Å². The molecule has 1 heterocycles. The second-order valence-electron chi connectivity index (χ2n) is 6.60. The first kappa shape index (κ1) is 19.2. The smallest absolute Gasteiger partial charge is 0.244 e. The van der Waals surface area contributed by atoms with E-state index in [0.717, 1.165) is 6.42 Å². The first-order chi connectivity index (χ1) is 11.2. The van der Waals surface area contributed by atoms with Gasteiger partial charge in [-0.15, -0.1) is 0 Å². The summed E-state index contributed by atoms with van der Waals surface area (Å²) in [5.74, 6) is 0. The second-order valence-corrected chi connectivity index (χ2v) is 8.91. The molecule has 1 aromatic rings. The van der Waals surface area contributed by atoms with Crippen molar-refractivity contribution in [1.29, 1.82) is 5.26 Å². The average Bonchev–Trinajstić information content (AvgIpc) is 2.54. The van der Waals surface area contributed by atoms with Crippen LogP contribution in [0.2, 0.25) is 5.02 Å². The molecule has 1 unspecified atom stereocenters. The number of aliphatic hydroxyl groups excluding tert-OH is 1. The Morgan fingerprint density at radius 1 is 1.46 bits per heavy atom. The van der Waals surface area contributed by atoms with Gasteiger partial charge in [0, 0.05) is 25.0 Å². The molecule has 0 aromatic heterocycles. The van der Waals surface area contributed by atoms with Crippen LogP contribution in [0.25, 0.3) is 0 Å². The molecule has 1 fully saturated rings. The summed E-state index contributed by atoms with van der Waals surface area (Å²) < 4.78 is 27.3. The Balaban J connectivity index is 2.34. The molecule has 2 rings (SSSR count). The van der Waals surface area contributed by atoms with E-state index in [1.807, 2.05) is 25.1 Å². The molecule has 0 radical (unpaired) electrons. The van der Waals surface area contributed by atoms with Crippen LogP contribution >= 0.6 is 11.6 Å². The number of nitrogens with zero attached hydrogens (tertiary/aromatic N) is 3. The monoisotopic (exact) mass is 371 g/mol. The molecule has 0 bridgehead atoms. The van der Waals surface area contributed by atoms with Gasteiger partial charge in [0.15, 0.2) is 0 Å². The number of aliphatic hydroxyl groups is 1. The first-order valence-electron chi connectivity index (χ1n) is 7.69. The fourth-order valence-corrected chi connectivity index (χ4v) is 5.38. The van der Waals surface area contributed by atoms with E-state index >= 15 is 0 Å². The zero-order valence-corrected chi connectivity index (χ0v) is 15.4. The van der Waals surface area contributed by atoms with Crippen LogP contribution in [-0.2, 0) is 10.0 Å². The predicted octanol–water partition coefficient (Wildman–Crippen LogP) is 1.54. The fourth-order valence-electron chi connectivity index (χ4n) is 3.27. The van der Waals surface area contributed by atoms with E-state index in [1.54, 1.807) is 0 Å². The van der Waals surface area contributed by atoms with Crippen LogP contribution in [0.3, 0.4) is 0 Å². The molecule has 0 amide bonds. The molecule has 1 aliphatic heterocycles. The number of sulfonamides is 1. The Hall–Kier alpha value is -1.17. The van der Waals surface area contributed by atoms with Crippen LogP contribution in [0.1, 0.15) is 18.4 Å². The molecular formula is C16H22ClN3O3S. The number of hydrogen-bond acceptors (Lipinski definition) is 5. The Kier molecular flexibility index (Phi) is 5.89. The highest BCUT2D eigenvalue weighted by atomic mass is 35.5. The topological polar surface area (TPSA) is 84.6 Å². The maximum absolute atomic E-state index is 13.0. The summed E-state index contributed by atoms with van der Waals surface area (Å²) in [6.45, 7) is 1.18. The number of benzene rings is 1. The number of rotatable bonds is 5. The fraction of sp³-hybridized carbons (Fsp3) is 0.562. The van der Waals surface area contributed by atoms with Gasteiger partial charge in [-0.05, 0) is 45.1 Å². The Bertz CT molecular complexity index is 745. The molecule has 24 heavy (non-hydrogen) atoms. The van der Waals surface area contributed by atoms with Gasteiger partial charge < -0.3 is 10.0 Å². The third-order valence-electron chi connectivity index (χ3n) is 4.29. The third kappa shape index (κ3) is 3.90. The molecule has 6 nitrogen and oxygen atoms in total. The third-order valence-corrected chi connectivity index (χ3v) is 6.62. The number of halogens is 1. The van der Waals surface area contributed by atoms with Gasteiger partial charge in [-0.1, -0.05) is 11.6 Å². The van der Waals surface area contributed by atoms with Gasteiger partial charge in [-0.2, -0.15) is 9.57 Å². The summed E-state index contributed by atoms with van der Waals surface area (Å²) in [6.07, 6.45) is 1.45. The minimum absolute atomic E-state index is 0.00163. The van der Waals surface area contributed by atoms with Crippen molar-refractivity contribution >= 4 is 21.6 Å². The van der Waals surface area contributed by atoms with Crippen molar-refractivity contribution in [3.8, 4) is 6.07 Å². The van der Waals surface area contributed by atoms with Crippen molar-refractivity contribution < 1.29 is 13.5 Å². The molecule has 1 aromatic carbocycles. The molecule has 8 heteroatoms. The number of hydrogen-bond donors (Lipinski definition) is 1. The highest BCUT2D eigenvalue weighted by Crippen LogP contribution is 2.34. The van der Waals surface area contributed by atoms with Crippen LogP contribution in [-0.4, -0.2) is 63.1 Å². The van der Waals surface area contributed by atoms with Gasteiger partial charge in [0.25, 0.3) is 0 Å². The van der Waals surface area contributed by atoms with E-state index in [9.17, 15) is 13.5 Å². The zero-order chi connectivity index (χ0) is 18.0. The quantitative estimate of drug-likeness (QED) is 0.848. The summed E-state index contributed by atoms with van der Waals surface area (Å²) in [6, 6.07) is 6.12. The maximum atomic E-state index is 13.0. The molecule has 0 aliphatic carbocycles. The Morgan fingerprint density at radius 2 is 2.17 bits per heavy atom. The van der Waals surface area contributed by atoms with Crippen molar-refractivity contribution in [3.63, 3.8) is 0 Å². The molecule has 1 aliphatic rings. The van der Waals surface area contributed by atoms with E-state index in [-0.39, 0.29) is 23.1 Å². The molecule has 0 saturated carbocycles. The highest BCUT2D eigenvalue weighted by molar-refractivity contribution is 7.89. The molecule has 1 atom stereocenters. The van der Waals surface area contributed by atoms with Crippen molar-refractivity contribution in [3.05, 3.63) is 28.8 Å². The number of nitriles is 1. The molecule has 1 saturated heterocycles. The van der Waals surface area contributed by atoms with E-state index in [4.69, 9.17) is 16.9 Å². The van der Waals surface area contributed by atoms with Crippen molar-refractivity contribution in [2.45, 2.75) is 17.7 Å².